The summed E-state index contributed by atoms with van der Waals surface area (Å²) in [6, 6.07) is 7.61. The monoisotopic (exact) mass is 282 g/mol. The number of amides is 2. The van der Waals surface area contributed by atoms with Crippen LogP contribution in [0.15, 0.2) is 42.9 Å². The van der Waals surface area contributed by atoms with Gasteiger partial charge >= 0.3 is 0 Å². The van der Waals surface area contributed by atoms with Crippen molar-refractivity contribution in [2.75, 3.05) is 11.9 Å². The fourth-order valence-corrected chi connectivity index (χ4v) is 2.40. The zero-order chi connectivity index (χ0) is 14.7. The first-order chi connectivity index (χ1) is 10.3. The van der Waals surface area contributed by atoms with Crippen LogP contribution in [0.5, 0.6) is 0 Å². The molecule has 1 unspecified atom stereocenters. The van der Waals surface area contributed by atoms with Crippen LogP contribution in [0.2, 0.25) is 0 Å². The Morgan fingerprint density at radius 3 is 2.95 bits per heavy atom. The van der Waals surface area contributed by atoms with E-state index >= 15 is 0 Å². The van der Waals surface area contributed by atoms with Crippen LogP contribution in [-0.4, -0.2) is 28.3 Å². The van der Waals surface area contributed by atoms with Crippen LogP contribution in [0.1, 0.15) is 28.4 Å². The number of anilines is 1. The SMILES string of the molecule is O=C(NCCC1C(=O)Nc2ccccc21)c1cnccn1. The number of carbonyl (C=O) groups excluding carboxylic acids is 2. The molecule has 0 bridgehead atoms. The first-order valence-electron chi connectivity index (χ1n) is 6.69. The molecule has 2 heterocycles. The maximum atomic E-state index is 11.9. The smallest absolute Gasteiger partial charge is 0.271 e. The number of hydrogen-bond donors (Lipinski definition) is 2. The minimum absolute atomic E-state index is 0.0232. The molecule has 6 heteroatoms. The molecule has 2 amide bonds. The Morgan fingerprint density at radius 2 is 2.14 bits per heavy atom. The van der Waals surface area contributed by atoms with Crippen molar-refractivity contribution in [2.24, 2.45) is 0 Å². The van der Waals surface area contributed by atoms with Gasteiger partial charge in [0.15, 0.2) is 0 Å². The lowest BCUT2D eigenvalue weighted by atomic mass is 9.97. The third-order valence-corrected chi connectivity index (χ3v) is 3.42. The highest BCUT2D eigenvalue weighted by Gasteiger charge is 2.29. The lowest BCUT2D eigenvalue weighted by Crippen LogP contribution is -2.27. The zero-order valence-electron chi connectivity index (χ0n) is 11.2. The molecule has 1 aliphatic heterocycles. The molecule has 1 aromatic heterocycles. The van der Waals surface area contributed by atoms with E-state index in [1.54, 1.807) is 0 Å². The summed E-state index contributed by atoms with van der Waals surface area (Å²) in [7, 11) is 0. The van der Waals surface area contributed by atoms with Gasteiger partial charge in [0, 0.05) is 24.6 Å². The number of fused-ring (bicyclic) bond motifs is 1. The van der Waals surface area contributed by atoms with E-state index in [0.29, 0.717) is 13.0 Å². The number of nitrogens with one attached hydrogen (secondary N) is 2. The van der Waals surface area contributed by atoms with Crippen molar-refractivity contribution in [2.45, 2.75) is 12.3 Å². The maximum absolute atomic E-state index is 11.9. The summed E-state index contributed by atoms with van der Waals surface area (Å²) in [5, 5.41) is 5.60. The van der Waals surface area contributed by atoms with Crippen LogP contribution in [-0.2, 0) is 4.79 Å². The van der Waals surface area contributed by atoms with Gasteiger partial charge in [-0.15, -0.1) is 0 Å². The standard InChI is InChI=1S/C15H14N4O2/c20-14-11(10-3-1-2-4-12(10)19-14)5-6-18-15(21)13-9-16-7-8-17-13/h1-4,7-9,11H,5-6H2,(H,18,21)(H,19,20). The number of para-hydroxylation sites is 1. The molecule has 1 atom stereocenters. The topological polar surface area (TPSA) is 84.0 Å². The molecule has 6 nitrogen and oxygen atoms in total. The molecule has 2 aromatic rings. The van der Waals surface area contributed by atoms with Crippen molar-refractivity contribution in [3.05, 3.63) is 54.1 Å². The van der Waals surface area contributed by atoms with E-state index < -0.39 is 0 Å². The predicted molar refractivity (Wildman–Crippen MR) is 76.8 cm³/mol. The van der Waals surface area contributed by atoms with Crippen molar-refractivity contribution < 1.29 is 9.59 Å². The zero-order valence-corrected chi connectivity index (χ0v) is 11.2. The van der Waals surface area contributed by atoms with E-state index in [2.05, 4.69) is 20.6 Å². The average Bonchev–Trinajstić information content (AvgIpc) is 2.84. The molecule has 3 rings (SSSR count). The van der Waals surface area contributed by atoms with E-state index in [9.17, 15) is 9.59 Å². The average molecular weight is 282 g/mol. The summed E-state index contributed by atoms with van der Waals surface area (Å²) in [5.41, 5.74) is 2.11. The molecule has 0 radical (unpaired) electrons. The Labute approximate surface area is 121 Å². The van der Waals surface area contributed by atoms with Gasteiger partial charge in [0.25, 0.3) is 5.91 Å². The Balaban J connectivity index is 1.59. The lowest BCUT2D eigenvalue weighted by molar-refractivity contribution is -0.117. The third-order valence-electron chi connectivity index (χ3n) is 3.42. The lowest BCUT2D eigenvalue weighted by Gasteiger charge is -2.09. The van der Waals surface area contributed by atoms with Gasteiger partial charge in [-0.2, -0.15) is 0 Å². The number of carbonyl (C=O) groups is 2. The van der Waals surface area contributed by atoms with E-state index in [-0.39, 0.29) is 23.4 Å². The molecule has 0 saturated carbocycles. The van der Waals surface area contributed by atoms with Crippen LogP contribution in [0.3, 0.4) is 0 Å². The van der Waals surface area contributed by atoms with Crippen molar-refractivity contribution in [1.29, 1.82) is 0 Å². The quantitative estimate of drug-likeness (QED) is 0.886. The highest BCUT2D eigenvalue weighted by molar-refractivity contribution is 6.02. The minimum Gasteiger partial charge on any atom is -0.351 e. The van der Waals surface area contributed by atoms with Gasteiger partial charge in [0.1, 0.15) is 5.69 Å². The molecule has 106 valence electrons. The number of hydrogen-bond acceptors (Lipinski definition) is 4. The Hall–Kier alpha value is -2.76. The molecule has 2 N–H and O–H groups in total. The summed E-state index contributed by atoms with van der Waals surface area (Å²) in [5.74, 6) is -0.525. The Kier molecular flexibility index (Phi) is 3.59. The minimum atomic E-state index is -0.283. The summed E-state index contributed by atoms with van der Waals surface area (Å²) in [6.45, 7) is 0.405. The van der Waals surface area contributed by atoms with Gasteiger partial charge in [0.05, 0.1) is 12.1 Å². The second kappa shape index (κ2) is 5.70. The van der Waals surface area contributed by atoms with Gasteiger partial charge < -0.3 is 10.6 Å². The second-order valence-corrected chi connectivity index (χ2v) is 4.76. The van der Waals surface area contributed by atoms with Crippen molar-refractivity contribution in [3.63, 3.8) is 0 Å². The molecular formula is C15H14N4O2. The van der Waals surface area contributed by atoms with Crippen LogP contribution in [0, 0.1) is 0 Å². The maximum Gasteiger partial charge on any atom is 0.271 e. The molecule has 0 saturated heterocycles. The van der Waals surface area contributed by atoms with E-state index in [1.807, 2.05) is 24.3 Å². The van der Waals surface area contributed by atoms with Crippen molar-refractivity contribution >= 4 is 17.5 Å². The van der Waals surface area contributed by atoms with Gasteiger partial charge in [-0.3, -0.25) is 14.6 Å². The number of aromatic nitrogens is 2. The number of benzene rings is 1. The van der Waals surface area contributed by atoms with Gasteiger partial charge in [-0.25, -0.2) is 4.98 Å². The third kappa shape index (κ3) is 2.74. The molecule has 0 aliphatic carbocycles. The van der Waals surface area contributed by atoms with Gasteiger partial charge in [0.2, 0.25) is 5.91 Å². The van der Waals surface area contributed by atoms with Crippen LogP contribution in [0.25, 0.3) is 0 Å². The normalized spacial score (nSPS) is 16.2. The first kappa shape index (κ1) is 13.2. The summed E-state index contributed by atoms with van der Waals surface area (Å²) >= 11 is 0. The fourth-order valence-electron chi connectivity index (χ4n) is 2.40. The molecule has 0 fully saturated rings. The van der Waals surface area contributed by atoms with E-state index in [0.717, 1.165) is 11.3 Å². The second-order valence-electron chi connectivity index (χ2n) is 4.76. The molecule has 0 spiro atoms. The van der Waals surface area contributed by atoms with Crippen LogP contribution >= 0.6 is 0 Å². The van der Waals surface area contributed by atoms with Gasteiger partial charge in [-0.05, 0) is 18.1 Å². The molecule has 1 aliphatic rings. The van der Waals surface area contributed by atoms with Gasteiger partial charge in [-0.1, -0.05) is 18.2 Å². The summed E-state index contributed by atoms with van der Waals surface area (Å²) in [4.78, 5) is 31.5. The Morgan fingerprint density at radius 1 is 1.29 bits per heavy atom. The largest absolute Gasteiger partial charge is 0.351 e. The van der Waals surface area contributed by atoms with Crippen molar-refractivity contribution in [3.8, 4) is 0 Å². The molecule has 21 heavy (non-hydrogen) atoms. The predicted octanol–water partition coefficient (Wildman–Crippen LogP) is 1.33. The van der Waals surface area contributed by atoms with Crippen LogP contribution in [0.4, 0.5) is 5.69 Å². The number of rotatable bonds is 4. The number of nitrogens with zero attached hydrogens (tertiary/aromatic N) is 2. The van der Waals surface area contributed by atoms with E-state index in [4.69, 9.17) is 0 Å². The first-order valence-corrected chi connectivity index (χ1v) is 6.69. The molecule has 1 aromatic carbocycles. The fraction of sp³-hybridized carbons (Fsp3) is 0.200. The molecular weight excluding hydrogens is 268 g/mol. The van der Waals surface area contributed by atoms with E-state index in [1.165, 1.54) is 18.6 Å². The summed E-state index contributed by atoms with van der Waals surface area (Å²) in [6.07, 6.45) is 4.94. The van der Waals surface area contributed by atoms with Crippen molar-refractivity contribution in [1.82, 2.24) is 15.3 Å². The van der Waals surface area contributed by atoms with Crippen LogP contribution < -0.4 is 10.6 Å². The highest BCUT2D eigenvalue weighted by atomic mass is 16.2. The highest BCUT2D eigenvalue weighted by Crippen LogP contribution is 2.33. The summed E-state index contributed by atoms with van der Waals surface area (Å²) < 4.78 is 0. The Bertz CT molecular complexity index is 672.